The first-order chi connectivity index (χ1) is 20.5. The highest BCUT2D eigenvalue weighted by Crippen LogP contribution is 2.45. The number of pyridine rings is 2. The minimum Gasteiger partial charge on any atom is -0.480 e. The number of halogens is 5. The van der Waals surface area contributed by atoms with Gasteiger partial charge in [-0.05, 0) is 60.4 Å². The normalized spacial score (nSPS) is 13.0. The van der Waals surface area contributed by atoms with E-state index in [9.17, 15) is 22.8 Å². The number of aryl methyl sites for hydroxylation is 1. The number of hydrogen-bond donors (Lipinski definition) is 2. The third kappa shape index (κ3) is 6.58. The van der Waals surface area contributed by atoms with Gasteiger partial charge >= 0.3 is 12.1 Å². The van der Waals surface area contributed by atoms with Gasteiger partial charge in [0.15, 0.2) is 0 Å². The van der Waals surface area contributed by atoms with E-state index in [0.717, 1.165) is 29.4 Å². The zero-order valence-electron chi connectivity index (χ0n) is 22.7. The molecule has 3 aromatic carbocycles. The van der Waals surface area contributed by atoms with Crippen LogP contribution in [-0.2, 0) is 11.0 Å². The minimum absolute atomic E-state index is 0.0587. The van der Waals surface area contributed by atoms with Crippen LogP contribution in [0.25, 0.3) is 32.9 Å². The zero-order chi connectivity index (χ0) is 30.9. The van der Waals surface area contributed by atoms with Gasteiger partial charge in [0, 0.05) is 28.7 Å². The summed E-state index contributed by atoms with van der Waals surface area (Å²) in [6, 6.07) is 17.2. The smallest absolute Gasteiger partial charge is 0.419 e. The molecule has 1 saturated carbocycles. The maximum Gasteiger partial charge on any atom is 0.419 e. The van der Waals surface area contributed by atoms with E-state index in [1.54, 1.807) is 36.5 Å². The molecule has 220 valence electrons. The van der Waals surface area contributed by atoms with Gasteiger partial charge in [0.25, 0.3) is 5.91 Å². The van der Waals surface area contributed by atoms with Gasteiger partial charge in [0.05, 0.1) is 32.4 Å². The Labute approximate surface area is 254 Å². The predicted molar refractivity (Wildman–Crippen MR) is 161 cm³/mol. The first-order valence-electron chi connectivity index (χ1n) is 13.2. The van der Waals surface area contributed by atoms with Gasteiger partial charge in [0.2, 0.25) is 0 Å². The van der Waals surface area contributed by atoms with E-state index in [2.05, 4.69) is 15.3 Å². The van der Waals surface area contributed by atoms with Crippen LogP contribution in [-0.4, -0.2) is 33.5 Å². The molecule has 6 rings (SSSR count). The van der Waals surface area contributed by atoms with Crippen molar-refractivity contribution in [3.63, 3.8) is 0 Å². The summed E-state index contributed by atoms with van der Waals surface area (Å²) in [4.78, 5) is 30.3. The molecule has 11 heteroatoms. The molecule has 0 saturated heterocycles. The summed E-state index contributed by atoms with van der Waals surface area (Å²) in [5.74, 6) is -1.36. The van der Waals surface area contributed by atoms with Gasteiger partial charge in [-0.25, -0.2) is 0 Å². The maximum atomic E-state index is 14.2. The van der Waals surface area contributed by atoms with Crippen LogP contribution in [0.15, 0.2) is 73.1 Å². The summed E-state index contributed by atoms with van der Waals surface area (Å²) in [5.41, 5.74) is 2.24. The summed E-state index contributed by atoms with van der Waals surface area (Å²) in [6.45, 7) is 1.45. The number of carbonyl (C=O) groups excluding carboxylic acids is 1. The highest BCUT2D eigenvalue weighted by atomic mass is 35.5. The molecule has 0 aliphatic heterocycles. The lowest BCUT2D eigenvalue weighted by atomic mass is 9.95. The highest BCUT2D eigenvalue weighted by molar-refractivity contribution is 6.39. The monoisotopic (exact) mass is 625 g/mol. The van der Waals surface area contributed by atoms with Crippen LogP contribution < -0.4 is 5.32 Å². The summed E-state index contributed by atoms with van der Waals surface area (Å²) < 4.78 is 42.7. The van der Waals surface area contributed by atoms with Gasteiger partial charge in [-0.2, -0.15) is 13.2 Å². The van der Waals surface area contributed by atoms with Crippen molar-refractivity contribution in [1.29, 1.82) is 0 Å². The number of aromatic nitrogens is 2. The molecular formula is C32H24Cl2F3N3O3. The third-order valence-electron chi connectivity index (χ3n) is 7.08. The Morgan fingerprint density at radius 1 is 0.977 bits per heavy atom. The number of nitrogens with zero attached hydrogens (tertiary/aromatic N) is 2. The lowest BCUT2D eigenvalue weighted by Crippen LogP contribution is -2.29. The van der Waals surface area contributed by atoms with Crippen molar-refractivity contribution in [2.45, 2.75) is 31.9 Å². The van der Waals surface area contributed by atoms with Crippen molar-refractivity contribution in [3.05, 3.63) is 105 Å². The van der Waals surface area contributed by atoms with E-state index in [0.29, 0.717) is 22.4 Å². The number of benzene rings is 3. The van der Waals surface area contributed by atoms with Crippen LogP contribution in [0.3, 0.4) is 0 Å². The zero-order valence-corrected chi connectivity index (χ0v) is 24.2. The van der Waals surface area contributed by atoms with Crippen LogP contribution >= 0.6 is 23.2 Å². The second-order valence-electron chi connectivity index (χ2n) is 10.1. The lowest BCUT2D eigenvalue weighted by molar-refractivity contribution is -0.136. The lowest BCUT2D eigenvalue weighted by Gasteiger charge is -2.17. The second-order valence-corrected chi connectivity index (χ2v) is 10.9. The van der Waals surface area contributed by atoms with Crippen LogP contribution in [0.5, 0.6) is 0 Å². The Morgan fingerprint density at radius 3 is 2.35 bits per heavy atom. The molecule has 0 atom stereocenters. The Kier molecular flexibility index (Phi) is 8.57. The number of hydrogen-bond acceptors (Lipinski definition) is 4. The Hall–Kier alpha value is -4.21. The van der Waals surface area contributed by atoms with E-state index >= 15 is 0 Å². The molecule has 6 nitrogen and oxygen atoms in total. The fourth-order valence-electron chi connectivity index (χ4n) is 4.86. The minimum atomic E-state index is -4.52. The molecule has 43 heavy (non-hydrogen) atoms. The Morgan fingerprint density at radius 2 is 1.70 bits per heavy atom. The van der Waals surface area contributed by atoms with Gasteiger partial charge in [0.1, 0.15) is 6.54 Å². The predicted octanol–water partition coefficient (Wildman–Crippen LogP) is 8.46. The van der Waals surface area contributed by atoms with Crippen molar-refractivity contribution in [1.82, 2.24) is 15.3 Å². The number of alkyl halides is 3. The Balaban J connectivity index is 0.000000209. The summed E-state index contributed by atoms with van der Waals surface area (Å²) in [5, 5.41) is 12.5. The molecule has 0 spiro atoms. The third-order valence-corrected chi connectivity index (χ3v) is 7.71. The fourth-order valence-corrected chi connectivity index (χ4v) is 5.43. The first kappa shape index (κ1) is 30.3. The Bertz CT molecular complexity index is 1850. The summed E-state index contributed by atoms with van der Waals surface area (Å²) in [6.07, 6.45) is 0.695. The number of rotatable bonds is 5. The number of carboxylic acids is 1. The van der Waals surface area contributed by atoms with Gasteiger partial charge in [-0.3, -0.25) is 19.6 Å². The number of nitrogens with one attached hydrogen (secondary N) is 1. The second kappa shape index (κ2) is 12.2. The van der Waals surface area contributed by atoms with Crippen LogP contribution in [0.4, 0.5) is 13.2 Å². The molecule has 1 aliphatic carbocycles. The molecule has 1 aliphatic rings. The van der Waals surface area contributed by atoms with Crippen LogP contribution in [0.2, 0.25) is 10.0 Å². The topological polar surface area (TPSA) is 92.2 Å². The molecule has 0 radical (unpaired) electrons. The molecule has 2 heterocycles. The number of aliphatic carboxylic acids is 1. The summed E-state index contributed by atoms with van der Waals surface area (Å²) in [7, 11) is 0. The highest BCUT2D eigenvalue weighted by Gasteiger charge is 2.38. The maximum absolute atomic E-state index is 14.2. The van der Waals surface area contributed by atoms with E-state index in [4.69, 9.17) is 28.3 Å². The van der Waals surface area contributed by atoms with E-state index in [-0.39, 0.29) is 26.7 Å². The van der Waals surface area contributed by atoms with Gasteiger partial charge in [-0.15, -0.1) is 0 Å². The largest absolute Gasteiger partial charge is 0.480 e. The average Bonchev–Trinajstić information content (AvgIpc) is 3.81. The molecular weight excluding hydrogens is 602 g/mol. The van der Waals surface area contributed by atoms with E-state index < -0.39 is 30.2 Å². The van der Waals surface area contributed by atoms with Crippen molar-refractivity contribution in [3.8, 4) is 11.3 Å². The number of fused-ring (bicyclic) bond motifs is 2. The quantitative estimate of drug-likeness (QED) is 0.204. The number of carboxylic acid groups (broad SMARTS) is 1. The molecule has 1 fully saturated rings. The average molecular weight is 626 g/mol. The van der Waals surface area contributed by atoms with Crippen molar-refractivity contribution < 1.29 is 27.9 Å². The molecule has 2 aromatic heterocycles. The molecule has 2 N–H and O–H groups in total. The van der Waals surface area contributed by atoms with Gasteiger partial charge in [-0.1, -0.05) is 65.7 Å². The number of carbonyl (C=O) groups is 2. The molecule has 1 amide bonds. The summed E-state index contributed by atoms with van der Waals surface area (Å²) >= 11 is 11.5. The standard InChI is InChI=1S/C23H17F3N2.C9H7Cl2NO3/c1-13-4-9-18(21-17(13)3-2-10-27-21)22-20(23(24,25)26)19-11-15(14-5-6-14)7-8-16(19)12-28-22;10-5-2-1-3-6(11)8(5)9(15)12-4-7(13)14/h2-4,7-12,14H,5-6H2,1H3;1-3H,4H2,(H,12,15)(H,13,14). The molecule has 0 unspecified atom stereocenters. The van der Waals surface area contributed by atoms with E-state index in [1.807, 2.05) is 25.1 Å². The fraction of sp³-hybridized carbons (Fsp3) is 0.188. The van der Waals surface area contributed by atoms with E-state index in [1.165, 1.54) is 18.3 Å². The van der Waals surface area contributed by atoms with Crippen molar-refractivity contribution in [2.24, 2.45) is 0 Å². The van der Waals surface area contributed by atoms with Crippen molar-refractivity contribution in [2.75, 3.05) is 6.54 Å². The molecule has 5 aromatic rings. The first-order valence-corrected chi connectivity index (χ1v) is 14.0. The van der Waals surface area contributed by atoms with Crippen LogP contribution in [0, 0.1) is 6.92 Å². The van der Waals surface area contributed by atoms with Crippen molar-refractivity contribution >= 4 is 56.8 Å². The SMILES string of the molecule is Cc1ccc(-c2ncc3ccc(C4CC4)cc3c2C(F)(F)F)c2ncccc12.O=C(O)CNC(=O)c1c(Cl)cccc1Cl. The van der Waals surface area contributed by atoms with Gasteiger partial charge < -0.3 is 10.4 Å². The van der Waals surface area contributed by atoms with Crippen LogP contribution in [0.1, 0.15) is 45.8 Å². The number of amides is 1. The molecule has 0 bridgehead atoms.